The second-order valence-corrected chi connectivity index (χ2v) is 11.9. The van der Waals surface area contributed by atoms with E-state index in [0.29, 0.717) is 51.7 Å². The zero-order chi connectivity index (χ0) is 35.0. The summed E-state index contributed by atoms with van der Waals surface area (Å²) >= 11 is 13.5. The Bertz CT molecular complexity index is 1460. The van der Waals surface area contributed by atoms with Crippen LogP contribution in [0.5, 0.6) is 23.0 Å². The summed E-state index contributed by atoms with van der Waals surface area (Å²) in [6.07, 6.45) is 0.0945. The van der Waals surface area contributed by atoms with Crippen LogP contribution in [0.4, 0.5) is 0 Å². The number of hydrogen-bond acceptors (Lipinski definition) is 10. The predicted molar refractivity (Wildman–Crippen MR) is 176 cm³/mol. The van der Waals surface area contributed by atoms with Crippen LogP contribution in [-0.4, -0.2) is 74.2 Å². The Morgan fingerprint density at radius 3 is 1.44 bits per heavy atom. The SMILES string of the molecule is C=C(COc1c(OC)cc2c(c1Cl)CN(C(=O)CCC(=O)OCC)C2)COc1c(OC)cc2c(c1Cl)CN(C(=O)CCC(=O)OCC)C2. The average Bonchev–Trinajstić information content (AvgIpc) is 3.70. The van der Waals surface area contributed by atoms with Crippen molar-refractivity contribution in [3.05, 3.63) is 56.6 Å². The number of rotatable bonds is 16. The second-order valence-electron chi connectivity index (χ2n) is 11.2. The van der Waals surface area contributed by atoms with Gasteiger partial charge in [0.2, 0.25) is 11.8 Å². The van der Waals surface area contributed by atoms with Crippen molar-refractivity contribution in [2.75, 3.05) is 40.6 Å². The minimum Gasteiger partial charge on any atom is -0.493 e. The molecule has 2 heterocycles. The maximum atomic E-state index is 12.8. The molecule has 14 heteroatoms. The topological polar surface area (TPSA) is 130 Å². The lowest BCUT2D eigenvalue weighted by Gasteiger charge is -2.18. The van der Waals surface area contributed by atoms with E-state index >= 15 is 0 Å². The monoisotopic (exact) mass is 706 g/mol. The Kier molecular flexibility index (Phi) is 12.8. The lowest BCUT2D eigenvalue weighted by Crippen LogP contribution is -2.25. The lowest BCUT2D eigenvalue weighted by atomic mass is 10.1. The van der Waals surface area contributed by atoms with E-state index in [9.17, 15) is 19.2 Å². The van der Waals surface area contributed by atoms with Crippen molar-refractivity contribution in [2.24, 2.45) is 0 Å². The molecular weight excluding hydrogens is 667 g/mol. The van der Waals surface area contributed by atoms with Crippen LogP contribution in [0, 0.1) is 0 Å². The molecule has 2 aliphatic heterocycles. The summed E-state index contributed by atoms with van der Waals surface area (Å²) in [5.74, 6) is 0.216. The van der Waals surface area contributed by atoms with Gasteiger partial charge in [-0.25, -0.2) is 0 Å². The lowest BCUT2D eigenvalue weighted by molar-refractivity contribution is -0.146. The van der Waals surface area contributed by atoms with E-state index in [1.165, 1.54) is 14.2 Å². The zero-order valence-electron chi connectivity index (χ0n) is 27.6. The van der Waals surface area contributed by atoms with E-state index in [-0.39, 0.29) is 77.0 Å². The van der Waals surface area contributed by atoms with Crippen molar-refractivity contribution in [2.45, 2.75) is 65.7 Å². The number of fused-ring (bicyclic) bond motifs is 2. The largest absolute Gasteiger partial charge is 0.493 e. The summed E-state index contributed by atoms with van der Waals surface area (Å²) in [7, 11) is 2.99. The van der Waals surface area contributed by atoms with Crippen LogP contribution in [0.1, 0.15) is 61.8 Å². The van der Waals surface area contributed by atoms with Crippen molar-refractivity contribution in [1.82, 2.24) is 9.80 Å². The molecule has 2 amide bonds. The summed E-state index contributed by atoms with van der Waals surface area (Å²) in [5.41, 5.74) is 3.68. The van der Waals surface area contributed by atoms with Crippen LogP contribution in [0.3, 0.4) is 0 Å². The van der Waals surface area contributed by atoms with Crippen LogP contribution in [0.15, 0.2) is 24.3 Å². The van der Waals surface area contributed by atoms with E-state index in [0.717, 1.165) is 22.3 Å². The fraction of sp³-hybridized carbons (Fsp3) is 0.471. The van der Waals surface area contributed by atoms with Crippen molar-refractivity contribution >= 4 is 47.0 Å². The minimum atomic E-state index is -0.415. The number of nitrogens with zero attached hydrogens (tertiary/aromatic N) is 2. The molecule has 0 bridgehead atoms. The number of ether oxygens (including phenoxy) is 6. The average molecular weight is 708 g/mol. The van der Waals surface area contributed by atoms with Crippen molar-refractivity contribution in [3.8, 4) is 23.0 Å². The van der Waals surface area contributed by atoms with Gasteiger partial charge < -0.3 is 38.2 Å². The Balaban J connectivity index is 1.36. The highest BCUT2D eigenvalue weighted by atomic mass is 35.5. The molecule has 0 saturated carbocycles. The number of halogens is 2. The van der Waals surface area contributed by atoms with Gasteiger partial charge >= 0.3 is 11.9 Å². The first-order chi connectivity index (χ1) is 23.0. The summed E-state index contributed by atoms with van der Waals surface area (Å²) in [4.78, 5) is 52.2. The normalized spacial score (nSPS) is 13.0. The summed E-state index contributed by atoms with van der Waals surface area (Å²) in [6.45, 7) is 9.29. The molecule has 0 N–H and O–H groups in total. The molecule has 0 fully saturated rings. The Morgan fingerprint density at radius 2 is 1.08 bits per heavy atom. The van der Waals surface area contributed by atoms with Gasteiger partial charge in [0.1, 0.15) is 13.2 Å². The highest BCUT2D eigenvalue weighted by Gasteiger charge is 2.31. The molecular formula is C34H40Cl2N2O10. The van der Waals surface area contributed by atoms with Gasteiger partial charge in [0.05, 0.1) is 50.3 Å². The van der Waals surface area contributed by atoms with Gasteiger partial charge in [0.15, 0.2) is 23.0 Å². The van der Waals surface area contributed by atoms with Gasteiger partial charge in [-0.15, -0.1) is 0 Å². The first kappa shape index (κ1) is 36.7. The van der Waals surface area contributed by atoms with Gasteiger partial charge in [0.25, 0.3) is 0 Å². The van der Waals surface area contributed by atoms with Crippen molar-refractivity contribution in [1.29, 1.82) is 0 Å². The molecule has 12 nitrogen and oxygen atoms in total. The quantitative estimate of drug-likeness (QED) is 0.165. The number of carbonyl (C=O) groups excluding carboxylic acids is 4. The standard InChI is InChI=1S/C34H40Cl2N2O10/c1-6-45-29(41)10-8-27(39)37-14-21-12-25(43-4)33(31(35)23(21)16-37)47-18-20(3)19-48-34-26(44-5)13-22-15-38(17-24(22)32(34)36)28(40)9-11-30(42)46-7-2/h12-13H,3,6-11,14-19H2,1-2,4-5H3. The molecule has 0 aliphatic carbocycles. The molecule has 48 heavy (non-hydrogen) atoms. The van der Waals surface area contributed by atoms with E-state index in [4.69, 9.17) is 51.6 Å². The molecule has 0 unspecified atom stereocenters. The third-order valence-corrected chi connectivity index (χ3v) is 8.67. The minimum absolute atomic E-state index is 0.00827. The fourth-order valence-electron chi connectivity index (χ4n) is 5.44. The molecule has 0 aromatic heterocycles. The number of carbonyl (C=O) groups is 4. The van der Waals surface area contributed by atoms with Crippen LogP contribution < -0.4 is 18.9 Å². The number of hydrogen-bond donors (Lipinski definition) is 0. The zero-order valence-corrected chi connectivity index (χ0v) is 29.1. The summed E-state index contributed by atoms with van der Waals surface area (Å²) in [5, 5.41) is 0.645. The number of methoxy groups -OCH3 is 2. The van der Waals surface area contributed by atoms with E-state index in [2.05, 4.69) is 6.58 Å². The molecule has 0 radical (unpaired) electrons. The fourth-order valence-corrected chi connectivity index (χ4v) is 6.10. The number of benzene rings is 2. The molecule has 2 aromatic carbocycles. The Morgan fingerprint density at radius 1 is 0.688 bits per heavy atom. The van der Waals surface area contributed by atoms with Gasteiger partial charge in [-0.05, 0) is 53.8 Å². The summed E-state index contributed by atoms with van der Waals surface area (Å²) < 4.78 is 33.0. The van der Waals surface area contributed by atoms with Crippen LogP contribution in [-0.2, 0) is 54.8 Å². The maximum absolute atomic E-state index is 12.8. The van der Waals surface area contributed by atoms with Crippen molar-refractivity contribution in [3.63, 3.8) is 0 Å². The Hall–Kier alpha value is -4.16. The second kappa shape index (κ2) is 16.8. The third kappa shape index (κ3) is 8.65. The van der Waals surface area contributed by atoms with Gasteiger partial charge in [-0.2, -0.15) is 0 Å². The number of esters is 2. The van der Waals surface area contributed by atoms with Crippen LogP contribution in [0.25, 0.3) is 0 Å². The van der Waals surface area contributed by atoms with Crippen molar-refractivity contribution < 1.29 is 47.6 Å². The Labute approximate surface area is 289 Å². The van der Waals surface area contributed by atoms with Crippen LogP contribution in [0.2, 0.25) is 10.0 Å². The summed E-state index contributed by atoms with van der Waals surface area (Å²) in [6, 6.07) is 3.57. The highest BCUT2D eigenvalue weighted by molar-refractivity contribution is 6.33. The highest BCUT2D eigenvalue weighted by Crippen LogP contribution is 2.45. The predicted octanol–water partition coefficient (Wildman–Crippen LogP) is 5.40. The smallest absolute Gasteiger partial charge is 0.306 e. The van der Waals surface area contributed by atoms with Gasteiger partial charge in [-0.1, -0.05) is 29.8 Å². The molecule has 0 atom stereocenters. The molecule has 260 valence electrons. The van der Waals surface area contributed by atoms with Crippen LogP contribution >= 0.6 is 23.2 Å². The first-order valence-electron chi connectivity index (χ1n) is 15.6. The third-order valence-electron chi connectivity index (χ3n) is 7.87. The number of amides is 2. The van der Waals surface area contributed by atoms with E-state index in [1.807, 2.05) is 0 Å². The van der Waals surface area contributed by atoms with Gasteiger partial charge in [0, 0.05) is 39.0 Å². The van der Waals surface area contributed by atoms with E-state index < -0.39 is 11.9 Å². The first-order valence-corrected chi connectivity index (χ1v) is 16.3. The molecule has 2 aromatic rings. The molecule has 4 rings (SSSR count). The molecule has 0 spiro atoms. The van der Waals surface area contributed by atoms with E-state index in [1.54, 1.807) is 35.8 Å². The van der Waals surface area contributed by atoms with Gasteiger partial charge in [-0.3, -0.25) is 19.2 Å². The maximum Gasteiger partial charge on any atom is 0.306 e. The molecule has 2 aliphatic rings. The molecule has 0 saturated heterocycles.